The minimum absolute atomic E-state index is 0.0412. The zero-order valence-electron chi connectivity index (χ0n) is 15.0. The van der Waals surface area contributed by atoms with Gasteiger partial charge in [-0.05, 0) is 29.8 Å². The zero-order valence-corrected chi connectivity index (χ0v) is 15.0. The Morgan fingerprint density at radius 1 is 1.04 bits per heavy atom. The molecule has 0 radical (unpaired) electrons. The van der Waals surface area contributed by atoms with E-state index in [0.29, 0.717) is 11.5 Å². The first kappa shape index (κ1) is 20.4. The van der Waals surface area contributed by atoms with E-state index in [4.69, 9.17) is 9.47 Å². The lowest BCUT2D eigenvalue weighted by molar-refractivity contribution is -0.137. The highest BCUT2D eigenvalue weighted by molar-refractivity contribution is 5.76. The van der Waals surface area contributed by atoms with Gasteiger partial charge in [0, 0.05) is 25.2 Å². The number of halogens is 3. The Labute approximate surface area is 155 Å². The summed E-state index contributed by atoms with van der Waals surface area (Å²) in [5.41, 5.74) is 0.0183. The molecule has 5 nitrogen and oxygen atoms in total. The molecule has 0 aliphatic heterocycles. The van der Waals surface area contributed by atoms with Crippen LogP contribution in [0.25, 0.3) is 0 Å². The highest BCUT2D eigenvalue weighted by atomic mass is 19.4. The van der Waals surface area contributed by atoms with Crippen molar-refractivity contribution in [3.8, 4) is 11.5 Å². The van der Waals surface area contributed by atoms with E-state index >= 15 is 0 Å². The fourth-order valence-electron chi connectivity index (χ4n) is 2.47. The molecule has 0 saturated carbocycles. The molecule has 0 spiro atoms. The maximum absolute atomic E-state index is 12.9. The van der Waals surface area contributed by atoms with E-state index in [0.717, 1.165) is 11.6 Å². The third-order valence-electron chi connectivity index (χ3n) is 3.84. The number of hydrogen-bond acceptors (Lipinski definition) is 4. The number of hydrogen-bond donors (Lipinski definition) is 2. The topological polar surface area (TPSA) is 59.6 Å². The number of para-hydroxylation sites is 1. The van der Waals surface area contributed by atoms with E-state index in [1.807, 2.05) is 0 Å². The molecule has 2 rings (SSSR count). The summed E-state index contributed by atoms with van der Waals surface area (Å²) in [6.07, 6.45) is -4.40. The quantitative estimate of drug-likeness (QED) is 0.728. The third-order valence-corrected chi connectivity index (χ3v) is 3.84. The summed E-state index contributed by atoms with van der Waals surface area (Å²) in [5.74, 6) is 0.858. The number of nitrogens with one attached hydrogen (secondary N) is 2. The van der Waals surface area contributed by atoms with Crippen molar-refractivity contribution in [3.63, 3.8) is 0 Å². The number of anilines is 1. The fraction of sp³-hybridized carbons (Fsp3) is 0.316. The summed E-state index contributed by atoms with van der Waals surface area (Å²) >= 11 is 0. The van der Waals surface area contributed by atoms with Crippen LogP contribution in [-0.4, -0.2) is 26.7 Å². The number of alkyl halides is 3. The largest absolute Gasteiger partial charge is 0.493 e. The first-order valence-corrected chi connectivity index (χ1v) is 8.23. The van der Waals surface area contributed by atoms with Crippen molar-refractivity contribution in [2.45, 2.75) is 19.1 Å². The van der Waals surface area contributed by atoms with Crippen molar-refractivity contribution >= 4 is 11.6 Å². The minimum Gasteiger partial charge on any atom is -0.493 e. The Morgan fingerprint density at radius 3 is 2.41 bits per heavy atom. The van der Waals surface area contributed by atoms with Gasteiger partial charge in [0.15, 0.2) is 11.5 Å². The summed E-state index contributed by atoms with van der Waals surface area (Å²) in [4.78, 5) is 11.9. The monoisotopic (exact) mass is 382 g/mol. The predicted molar refractivity (Wildman–Crippen MR) is 95.9 cm³/mol. The maximum Gasteiger partial charge on any atom is 0.418 e. The van der Waals surface area contributed by atoms with Gasteiger partial charge in [-0.3, -0.25) is 4.79 Å². The lowest BCUT2D eigenvalue weighted by Gasteiger charge is -2.14. The number of rotatable bonds is 8. The normalized spacial score (nSPS) is 11.0. The Kier molecular flexibility index (Phi) is 6.92. The number of benzene rings is 2. The van der Waals surface area contributed by atoms with Gasteiger partial charge < -0.3 is 20.1 Å². The molecule has 0 saturated heterocycles. The average Bonchev–Trinajstić information content (AvgIpc) is 2.65. The van der Waals surface area contributed by atoms with Crippen molar-refractivity contribution in [2.24, 2.45) is 0 Å². The molecule has 27 heavy (non-hydrogen) atoms. The van der Waals surface area contributed by atoms with Crippen LogP contribution in [0.1, 0.15) is 17.5 Å². The van der Waals surface area contributed by atoms with Crippen LogP contribution in [0, 0.1) is 0 Å². The molecule has 0 bridgehead atoms. The van der Waals surface area contributed by atoms with Crippen molar-refractivity contribution in [1.82, 2.24) is 5.32 Å². The van der Waals surface area contributed by atoms with Crippen molar-refractivity contribution in [1.29, 1.82) is 0 Å². The van der Waals surface area contributed by atoms with Gasteiger partial charge in [0.25, 0.3) is 0 Å². The van der Waals surface area contributed by atoms with Crippen molar-refractivity contribution < 1.29 is 27.4 Å². The van der Waals surface area contributed by atoms with Crippen molar-refractivity contribution in [2.75, 3.05) is 26.1 Å². The Bertz CT molecular complexity index is 779. The first-order valence-electron chi connectivity index (χ1n) is 8.23. The molecular formula is C19H21F3N2O3. The lowest BCUT2D eigenvalue weighted by atomic mass is 10.1. The molecule has 8 heteroatoms. The van der Waals surface area contributed by atoms with Crippen LogP contribution < -0.4 is 20.1 Å². The molecule has 2 aromatic carbocycles. The van der Waals surface area contributed by atoms with E-state index in [9.17, 15) is 18.0 Å². The van der Waals surface area contributed by atoms with Crippen LogP contribution >= 0.6 is 0 Å². The highest BCUT2D eigenvalue weighted by Crippen LogP contribution is 2.34. The van der Waals surface area contributed by atoms with Gasteiger partial charge in [-0.2, -0.15) is 13.2 Å². The molecule has 0 aromatic heterocycles. The van der Waals surface area contributed by atoms with E-state index in [1.54, 1.807) is 18.2 Å². The first-order chi connectivity index (χ1) is 12.8. The summed E-state index contributed by atoms with van der Waals surface area (Å²) < 4.78 is 49.1. The number of carbonyl (C=O) groups excluding carboxylic acids is 1. The zero-order chi connectivity index (χ0) is 19.9. The highest BCUT2D eigenvalue weighted by Gasteiger charge is 2.33. The van der Waals surface area contributed by atoms with Gasteiger partial charge in [-0.1, -0.05) is 18.2 Å². The second kappa shape index (κ2) is 9.16. The fourth-order valence-corrected chi connectivity index (χ4v) is 2.47. The molecule has 146 valence electrons. The van der Waals surface area contributed by atoms with Crippen LogP contribution in [0.3, 0.4) is 0 Å². The standard InChI is InChI=1S/C19H21F3N2O3/c1-26-16-8-7-13(11-17(16)27-2)12-24-18(25)9-10-23-15-6-4-3-5-14(15)19(20,21)22/h3-8,11,23H,9-10,12H2,1-2H3,(H,24,25). The second-order valence-corrected chi connectivity index (χ2v) is 5.69. The summed E-state index contributed by atoms with van der Waals surface area (Å²) in [5, 5.41) is 5.39. The predicted octanol–water partition coefficient (Wildman–Crippen LogP) is 3.84. The number of ether oxygens (including phenoxy) is 2. The van der Waals surface area contributed by atoms with Gasteiger partial charge in [0.05, 0.1) is 19.8 Å². The molecule has 0 unspecified atom stereocenters. The average molecular weight is 382 g/mol. The smallest absolute Gasteiger partial charge is 0.418 e. The molecule has 2 N–H and O–H groups in total. The van der Waals surface area contributed by atoms with Gasteiger partial charge in [0.2, 0.25) is 5.91 Å². The Balaban J connectivity index is 1.84. The van der Waals surface area contributed by atoms with Crippen LogP contribution in [0.5, 0.6) is 11.5 Å². The van der Waals surface area contributed by atoms with Crippen LogP contribution in [0.4, 0.5) is 18.9 Å². The maximum atomic E-state index is 12.9. The second-order valence-electron chi connectivity index (χ2n) is 5.69. The molecule has 0 aliphatic rings. The molecule has 0 heterocycles. The van der Waals surface area contributed by atoms with Gasteiger partial charge in [0.1, 0.15) is 0 Å². The number of carbonyl (C=O) groups is 1. The van der Waals surface area contributed by atoms with Gasteiger partial charge >= 0.3 is 6.18 Å². The number of methoxy groups -OCH3 is 2. The molecule has 2 aromatic rings. The summed E-state index contributed by atoms with van der Waals surface area (Å²) in [6, 6.07) is 10.4. The Morgan fingerprint density at radius 2 is 1.74 bits per heavy atom. The molecule has 1 amide bonds. The van der Waals surface area contributed by atoms with E-state index in [-0.39, 0.29) is 31.1 Å². The van der Waals surface area contributed by atoms with Crippen LogP contribution in [-0.2, 0) is 17.5 Å². The van der Waals surface area contributed by atoms with E-state index < -0.39 is 11.7 Å². The van der Waals surface area contributed by atoms with Gasteiger partial charge in [-0.25, -0.2) is 0 Å². The van der Waals surface area contributed by atoms with Crippen molar-refractivity contribution in [3.05, 3.63) is 53.6 Å². The van der Waals surface area contributed by atoms with Gasteiger partial charge in [-0.15, -0.1) is 0 Å². The van der Waals surface area contributed by atoms with Crippen LogP contribution in [0.2, 0.25) is 0 Å². The lowest BCUT2D eigenvalue weighted by Crippen LogP contribution is -2.25. The van der Waals surface area contributed by atoms with Crippen LogP contribution in [0.15, 0.2) is 42.5 Å². The Hall–Kier alpha value is -2.90. The molecule has 0 aliphatic carbocycles. The SMILES string of the molecule is COc1ccc(CNC(=O)CCNc2ccccc2C(F)(F)F)cc1OC. The molecular weight excluding hydrogens is 361 g/mol. The molecule has 0 atom stereocenters. The number of amides is 1. The summed E-state index contributed by atoms with van der Waals surface area (Å²) in [7, 11) is 3.05. The van der Waals surface area contributed by atoms with E-state index in [1.165, 1.54) is 32.4 Å². The van der Waals surface area contributed by atoms with E-state index in [2.05, 4.69) is 10.6 Å². The minimum atomic E-state index is -4.45. The third kappa shape index (κ3) is 5.80. The molecule has 0 fully saturated rings. The summed E-state index contributed by atoms with van der Waals surface area (Å²) in [6.45, 7) is 0.364.